The highest BCUT2D eigenvalue weighted by molar-refractivity contribution is 7.89. The van der Waals surface area contributed by atoms with Crippen molar-refractivity contribution in [3.05, 3.63) is 29.3 Å². The topological polar surface area (TPSA) is 112 Å². The molecule has 1 fully saturated rings. The van der Waals surface area contributed by atoms with E-state index in [9.17, 15) is 8.42 Å². The predicted octanol–water partition coefficient (Wildman–Crippen LogP) is 0.282. The van der Waals surface area contributed by atoms with Crippen LogP contribution in [0.1, 0.15) is 17.2 Å². The van der Waals surface area contributed by atoms with Gasteiger partial charge in [-0.2, -0.15) is 13.9 Å². The molecule has 3 aromatic heterocycles. The molecule has 3 aromatic rings. The van der Waals surface area contributed by atoms with Crippen molar-refractivity contribution in [1.82, 2.24) is 34.3 Å². The molecule has 0 bridgehead atoms. The van der Waals surface area contributed by atoms with Gasteiger partial charge in [-0.3, -0.25) is 5.10 Å². The molecule has 0 unspecified atom stereocenters. The SMILES string of the molecule is Cc1n[nH]c(C)c1S(=O)(=O)N(C)C1CN(c2ccc3nnc(C)n3n2)C1. The number of sulfonamides is 1. The zero-order valence-corrected chi connectivity index (χ0v) is 15.8. The van der Waals surface area contributed by atoms with Crippen LogP contribution >= 0.6 is 0 Å². The molecule has 1 aliphatic heterocycles. The molecule has 0 spiro atoms. The quantitative estimate of drug-likeness (QED) is 0.696. The average Bonchev–Trinajstić information content (AvgIpc) is 3.09. The van der Waals surface area contributed by atoms with Crippen LogP contribution in [-0.2, 0) is 10.0 Å². The Balaban J connectivity index is 1.52. The average molecular weight is 376 g/mol. The maximum absolute atomic E-state index is 12.9. The minimum Gasteiger partial charge on any atom is -0.352 e. The van der Waals surface area contributed by atoms with Crippen molar-refractivity contribution in [3.8, 4) is 0 Å². The zero-order chi connectivity index (χ0) is 18.6. The third-order valence-electron chi connectivity index (χ3n) is 4.80. The fraction of sp³-hybridized carbons (Fsp3) is 0.467. The standard InChI is InChI=1S/C15H20N8O2S/c1-9-15(10(2)17-16-9)26(24,25)21(4)12-7-22(8-12)14-6-5-13-19-18-11(3)23(13)20-14/h5-6,12H,7-8H2,1-4H3,(H,16,17). The summed E-state index contributed by atoms with van der Waals surface area (Å²) >= 11 is 0. The van der Waals surface area contributed by atoms with E-state index in [4.69, 9.17) is 0 Å². The molecule has 0 saturated carbocycles. The van der Waals surface area contributed by atoms with Gasteiger partial charge < -0.3 is 4.90 Å². The van der Waals surface area contributed by atoms with Crippen molar-refractivity contribution in [2.75, 3.05) is 25.0 Å². The molecule has 0 amide bonds. The van der Waals surface area contributed by atoms with Crippen molar-refractivity contribution >= 4 is 21.5 Å². The van der Waals surface area contributed by atoms with Gasteiger partial charge in [-0.1, -0.05) is 0 Å². The lowest BCUT2D eigenvalue weighted by molar-refractivity contribution is 0.308. The molecule has 0 aromatic carbocycles. The third-order valence-corrected chi connectivity index (χ3v) is 6.98. The number of H-pyrrole nitrogens is 1. The number of aromatic nitrogens is 6. The van der Waals surface area contributed by atoms with Gasteiger partial charge >= 0.3 is 0 Å². The summed E-state index contributed by atoms with van der Waals surface area (Å²) in [6.45, 7) is 6.40. The smallest absolute Gasteiger partial charge is 0.246 e. The van der Waals surface area contributed by atoms with Crippen LogP contribution in [0, 0.1) is 20.8 Å². The van der Waals surface area contributed by atoms with Gasteiger partial charge in [0.2, 0.25) is 10.0 Å². The van der Waals surface area contributed by atoms with Crippen molar-refractivity contribution in [1.29, 1.82) is 0 Å². The molecular formula is C15H20N8O2S. The minimum absolute atomic E-state index is 0.117. The van der Waals surface area contributed by atoms with Crippen LogP contribution in [0.2, 0.25) is 0 Å². The van der Waals surface area contributed by atoms with Gasteiger partial charge in [-0.05, 0) is 32.9 Å². The highest BCUT2D eigenvalue weighted by Crippen LogP contribution is 2.27. The highest BCUT2D eigenvalue weighted by Gasteiger charge is 2.39. The number of aryl methyl sites for hydroxylation is 3. The monoisotopic (exact) mass is 376 g/mol. The predicted molar refractivity (Wildman–Crippen MR) is 94.5 cm³/mol. The lowest BCUT2D eigenvalue weighted by Gasteiger charge is -2.43. The van der Waals surface area contributed by atoms with E-state index >= 15 is 0 Å². The number of anilines is 1. The fourth-order valence-electron chi connectivity index (χ4n) is 3.19. The Kier molecular flexibility index (Phi) is 3.74. The van der Waals surface area contributed by atoms with Crippen LogP contribution in [0.25, 0.3) is 5.65 Å². The van der Waals surface area contributed by atoms with E-state index in [1.807, 2.05) is 24.0 Å². The first-order chi connectivity index (χ1) is 12.3. The van der Waals surface area contributed by atoms with Gasteiger partial charge in [0.25, 0.3) is 0 Å². The lowest BCUT2D eigenvalue weighted by atomic mass is 10.1. The Morgan fingerprint density at radius 2 is 1.92 bits per heavy atom. The largest absolute Gasteiger partial charge is 0.352 e. The van der Waals surface area contributed by atoms with Crippen LogP contribution in [0.5, 0.6) is 0 Å². The van der Waals surface area contributed by atoms with Gasteiger partial charge in [0.1, 0.15) is 10.7 Å². The summed E-state index contributed by atoms with van der Waals surface area (Å²) in [6, 6.07) is 3.61. The zero-order valence-electron chi connectivity index (χ0n) is 15.0. The number of nitrogens with one attached hydrogen (secondary N) is 1. The molecule has 1 N–H and O–H groups in total. The van der Waals surface area contributed by atoms with Crippen LogP contribution < -0.4 is 4.90 Å². The van der Waals surface area contributed by atoms with Crippen molar-refractivity contribution in [3.63, 3.8) is 0 Å². The van der Waals surface area contributed by atoms with Crippen LogP contribution in [0.3, 0.4) is 0 Å². The Morgan fingerprint density at radius 3 is 2.58 bits per heavy atom. The molecule has 1 saturated heterocycles. The van der Waals surface area contributed by atoms with E-state index in [0.29, 0.717) is 35.9 Å². The van der Waals surface area contributed by atoms with E-state index in [1.165, 1.54) is 4.31 Å². The van der Waals surface area contributed by atoms with Gasteiger partial charge in [-0.25, -0.2) is 8.42 Å². The summed E-state index contributed by atoms with van der Waals surface area (Å²) < 4.78 is 28.9. The summed E-state index contributed by atoms with van der Waals surface area (Å²) in [7, 11) is -1.97. The minimum atomic E-state index is -3.59. The van der Waals surface area contributed by atoms with Crippen molar-refractivity contribution in [2.24, 2.45) is 0 Å². The maximum atomic E-state index is 12.9. The summed E-state index contributed by atoms with van der Waals surface area (Å²) in [5.41, 5.74) is 1.73. The van der Waals surface area contributed by atoms with E-state index in [1.54, 1.807) is 25.4 Å². The number of fused-ring (bicyclic) bond motifs is 1. The number of rotatable bonds is 4. The Morgan fingerprint density at radius 1 is 1.19 bits per heavy atom. The molecule has 0 aliphatic carbocycles. The Bertz CT molecular complexity index is 1060. The van der Waals surface area contributed by atoms with Crippen LogP contribution in [0.15, 0.2) is 17.0 Å². The van der Waals surface area contributed by atoms with Crippen LogP contribution in [0.4, 0.5) is 5.82 Å². The maximum Gasteiger partial charge on any atom is 0.246 e. The molecule has 1 aliphatic rings. The first-order valence-corrected chi connectivity index (χ1v) is 9.66. The lowest BCUT2D eigenvalue weighted by Crippen LogP contribution is -2.60. The third kappa shape index (κ3) is 2.46. The number of nitrogens with zero attached hydrogens (tertiary/aromatic N) is 7. The van der Waals surface area contributed by atoms with E-state index in [0.717, 1.165) is 5.82 Å². The molecule has 0 atom stereocenters. The normalized spacial score (nSPS) is 15.8. The first-order valence-electron chi connectivity index (χ1n) is 8.22. The number of aromatic amines is 1. The second-order valence-electron chi connectivity index (χ2n) is 6.55. The van der Waals surface area contributed by atoms with Gasteiger partial charge in [0.15, 0.2) is 11.5 Å². The summed E-state index contributed by atoms with van der Waals surface area (Å²) in [5, 5.41) is 19.3. The summed E-state index contributed by atoms with van der Waals surface area (Å²) in [4.78, 5) is 2.29. The Hall–Kier alpha value is -2.53. The number of likely N-dealkylation sites (N-methyl/N-ethyl adjacent to an activating group) is 1. The molecule has 0 radical (unpaired) electrons. The highest BCUT2D eigenvalue weighted by atomic mass is 32.2. The van der Waals surface area contributed by atoms with Crippen LogP contribution in [-0.4, -0.2) is 68.9 Å². The van der Waals surface area contributed by atoms with Gasteiger partial charge in [-0.15, -0.1) is 15.3 Å². The second-order valence-corrected chi connectivity index (χ2v) is 8.49. The summed E-state index contributed by atoms with van der Waals surface area (Å²) in [6.07, 6.45) is 0. The second kappa shape index (κ2) is 5.74. The van der Waals surface area contributed by atoms with E-state index in [2.05, 4.69) is 25.5 Å². The first kappa shape index (κ1) is 16.9. The Labute approximate surface area is 150 Å². The number of hydrogen-bond donors (Lipinski definition) is 1. The fourth-order valence-corrected chi connectivity index (χ4v) is 4.85. The molecule has 26 heavy (non-hydrogen) atoms. The van der Waals surface area contributed by atoms with E-state index < -0.39 is 10.0 Å². The summed E-state index contributed by atoms with van der Waals surface area (Å²) in [5.74, 6) is 1.49. The van der Waals surface area contributed by atoms with Gasteiger partial charge in [0.05, 0.1) is 17.4 Å². The van der Waals surface area contributed by atoms with Crippen molar-refractivity contribution in [2.45, 2.75) is 31.7 Å². The van der Waals surface area contributed by atoms with Crippen molar-refractivity contribution < 1.29 is 8.42 Å². The molecule has 4 heterocycles. The van der Waals surface area contributed by atoms with Gasteiger partial charge in [0, 0.05) is 20.1 Å². The number of hydrogen-bond acceptors (Lipinski definition) is 7. The molecule has 10 nitrogen and oxygen atoms in total. The molecule has 138 valence electrons. The molecular weight excluding hydrogens is 356 g/mol. The molecule has 4 rings (SSSR count). The molecule has 11 heteroatoms. The van der Waals surface area contributed by atoms with E-state index in [-0.39, 0.29) is 10.9 Å².